The van der Waals surface area contributed by atoms with Crippen molar-refractivity contribution >= 4 is 5.69 Å². The van der Waals surface area contributed by atoms with Crippen LogP contribution in [-0.2, 0) is 0 Å². The van der Waals surface area contributed by atoms with E-state index in [9.17, 15) is 15.2 Å². The fourth-order valence-electron chi connectivity index (χ4n) is 2.55. The minimum absolute atomic E-state index is 0.0992. The molecule has 10 nitrogen and oxygen atoms in total. The number of aromatic amines is 1. The Morgan fingerprint density at radius 3 is 2.59 bits per heavy atom. The number of phenolic OH excluding ortho intramolecular Hbond substituents is 1. The summed E-state index contributed by atoms with van der Waals surface area (Å²) in [5.41, 5.74) is 6.88. The molecule has 0 aliphatic carbocycles. The number of aromatic nitrogens is 3. The fourth-order valence-corrected chi connectivity index (χ4v) is 2.55. The third-order valence-electron chi connectivity index (χ3n) is 4.00. The molecule has 0 saturated carbocycles. The predicted molar refractivity (Wildman–Crippen MR) is 95.7 cm³/mol. The number of benzene rings is 2. The van der Waals surface area contributed by atoms with Crippen molar-refractivity contribution in [3.05, 3.63) is 57.9 Å². The first-order valence-corrected chi connectivity index (χ1v) is 7.82. The minimum atomic E-state index is -0.660. The molecule has 1 aromatic heterocycles. The van der Waals surface area contributed by atoms with Gasteiger partial charge in [-0.2, -0.15) is 5.10 Å². The predicted octanol–water partition coefficient (Wildman–Crippen LogP) is 2.15. The molecule has 10 heteroatoms. The summed E-state index contributed by atoms with van der Waals surface area (Å²) in [6, 6.07) is 8.16. The topological polar surface area (TPSA) is 149 Å². The number of hydrogen-bond donors (Lipinski definition) is 3. The van der Waals surface area contributed by atoms with Crippen LogP contribution in [0.15, 0.2) is 36.4 Å². The monoisotopic (exact) mass is 371 g/mol. The molecule has 0 aliphatic rings. The van der Waals surface area contributed by atoms with Gasteiger partial charge < -0.3 is 20.3 Å². The lowest BCUT2D eigenvalue weighted by molar-refractivity contribution is -0.384. The summed E-state index contributed by atoms with van der Waals surface area (Å²) in [6.45, 7) is 0. The van der Waals surface area contributed by atoms with Crippen molar-refractivity contribution in [3.8, 4) is 28.6 Å². The van der Waals surface area contributed by atoms with Gasteiger partial charge in [0.05, 0.1) is 30.7 Å². The van der Waals surface area contributed by atoms with Crippen LogP contribution in [0.3, 0.4) is 0 Å². The Kier molecular flexibility index (Phi) is 4.90. The third kappa shape index (κ3) is 3.51. The number of nitrogens with zero attached hydrogens (tertiary/aromatic N) is 3. The van der Waals surface area contributed by atoms with Crippen LogP contribution in [0.25, 0.3) is 11.4 Å². The number of nitro groups is 1. The summed E-state index contributed by atoms with van der Waals surface area (Å²) in [7, 11) is 3.05. The van der Waals surface area contributed by atoms with Crippen LogP contribution in [0.4, 0.5) is 5.69 Å². The highest BCUT2D eigenvalue weighted by atomic mass is 16.6. The number of methoxy groups -OCH3 is 2. The molecule has 4 N–H and O–H groups in total. The minimum Gasteiger partial charge on any atom is -0.507 e. The van der Waals surface area contributed by atoms with E-state index in [1.165, 1.54) is 32.4 Å². The number of nitro benzene ring substituents is 1. The van der Waals surface area contributed by atoms with Gasteiger partial charge in [-0.15, -0.1) is 0 Å². The van der Waals surface area contributed by atoms with E-state index < -0.39 is 11.0 Å². The van der Waals surface area contributed by atoms with Crippen molar-refractivity contribution in [2.45, 2.75) is 6.04 Å². The molecule has 0 bridgehead atoms. The average Bonchev–Trinajstić information content (AvgIpc) is 3.16. The van der Waals surface area contributed by atoms with Crippen LogP contribution in [0.1, 0.15) is 17.4 Å². The molecule has 1 unspecified atom stereocenters. The summed E-state index contributed by atoms with van der Waals surface area (Å²) in [5, 5.41) is 27.6. The van der Waals surface area contributed by atoms with Gasteiger partial charge in [-0.05, 0) is 23.8 Å². The second kappa shape index (κ2) is 7.30. The SMILES string of the molecule is COc1ccc(C(N)c2nc(-c3cc([N+](=O)[O-])ccc3O)n[nH]2)cc1OC. The van der Waals surface area contributed by atoms with Crippen LogP contribution >= 0.6 is 0 Å². The van der Waals surface area contributed by atoms with Crippen molar-refractivity contribution in [1.29, 1.82) is 0 Å². The summed E-state index contributed by atoms with van der Waals surface area (Å²) in [5.74, 6) is 1.32. The Hall–Kier alpha value is -3.66. The first-order valence-electron chi connectivity index (χ1n) is 7.82. The smallest absolute Gasteiger partial charge is 0.270 e. The van der Waals surface area contributed by atoms with Crippen molar-refractivity contribution in [3.63, 3.8) is 0 Å². The van der Waals surface area contributed by atoms with E-state index >= 15 is 0 Å². The van der Waals surface area contributed by atoms with Crippen LogP contribution in [0.2, 0.25) is 0 Å². The van der Waals surface area contributed by atoms with Gasteiger partial charge in [-0.25, -0.2) is 4.98 Å². The standard InChI is InChI=1S/C17H17N5O5/c1-26-13-6-3-9(7-14(13)27-2)15(18)17-19-16(20-21-17)11-8-10(22(24)25)4-5-12(11)23/h3-8,15,23H,18H2,1-2H3,(H,19,20,21). The zero-order chi connectivity index (χ0) is 19.6. The Morgan fingerprint density at radius 1 is 1.19 bits per heavy atom. The van der Waals surface area contributed by atoms with Crippen LogP contribution in [0, 0.1) is 10.1 Å². The summed E-state index contributed by atoms with van der Waals surface area (Å²) in [4.78, 5) is 14.6. The van der Waals surface area contributed by atoms with Gasteiger partial charge in [0.2, 0.25) is 0 Å². The van der Waals surface area contributed by atoms with E-state index in [-0.39, 0.29) is 22.8 Å². The first kappa shape index (κ1) is 18.1. The molecule has 1 atom stereocenters. The van der Waals surface area contributed by atoms with E-state index in [0.717, 1.165) is 0 Å². The van der Waals surface area contributed by atoms with Crippen molar-refractivity contribution in [2.75, 3.05) is 14.2 Å². The maximum absolute atomic E-state index is 10.9. The highest BCUT2D eigenvalue weighted by Gasteiger charge is 2.20. The first-order chi connectivity index (χ1) is 12.9. The molecular formula is C17H17N5O5. The summed E-state index contributed by atoms with van der Waals surface area (Å²) < 4.78 is 10.5. The number of ether oxygens (including phenoxy) is 2. The largest absolute Gasteiger partial charge is 0.507 e. The number of hydrogen-bond acceptors (Lipinski definition) is 8. The van der Waals surface area contributed by atoms with Crippen LogP contribution in [0.5, 0.6) is 17.2 Å². The lowest BCUT2D eigenvalue weighted by atomic mass is 10.1. The van der Waals surface area contributed by atoms with Crippen molar-refractivity contribution in [2.24, 2.45) is 5.73 Å². The number of rotatable bonds is 6. The highest BCUT2D eigenvalue weighted by Crippen LogP contribution is 2.33. The maximum atomic E-state index is 10.9. The average molecular weight is 371 g/mol. The van der Waals surface area contributed by atoms with Crippen molar-refractivity contribution in [1.82, 2.24) is 15.2 Å². The third-order valence-corrected chi connectivity index (χ3v) is 4.00. The normalized spacial score (nSPS) is 11.8. The maximum Gasteiger partial charge on any atom is 0.270 e. The Bertz CT molecular complexity index is 988. The van der Waals surface area contributed by atoms with Gasteiger partial charge >= 0.3 is 0 Å². The zero-order valence-corrected chi connectivity index (χ0v) is 14.5. The van der Waals surface area contributed by atoms with E-state index in [2.05, 4.69) is 15.2 Å². The molecule has 1 heterocycles. The van der Waals surface area contributed by atoms with Gasteiger partial charge in [0.1, 0.15) is 11.6 Å². The Labute approximate surface area is 153 Å². The molecule has 27 heavy (non-hydrogen) atoms. The summed E-state index contributed by atoms with van der Waals surface area (Å²) >= 11 is 0. The molecule has 0 aliphatic heterocycles. The van der Waals surface area contributed by atoms with Gasteiger partial charge in [-0.3, -0.25) is 15.2 Å². The molecular weight excluding hydrogens is 354 g/mol. The summed E-state index contributed by atoms with van der Waals surface area (Å²) in [6.07, 6.45) is 0. The second-order valence-electron chi connectivity index (χ2n) is 5.59. The quantitative estimate of drug-likeness (QED) is 0.441. The van der Waals surface area contributed by atoms with E-state index in [1.807, 2.05) is 0 Å². The number of H-pyrrole nitrogens is 1. The fraction of sp³-hybridized carbons (Fsp3) is 0.176. The number of non-ortho nitro benzene ring substituents is 1. The molecule has 140 valence electrons. The lowest BCUT2D eigenvalue weighted by Gasteiger charge is -2.13. The number of nitrogens with two attached hydrogens (primary N) is 1. The number of phenols is 1. The second-order valence-corrected chi connectivity index (χ2v) is 5.59. The van der Waals surface area contributed by atoms with E-state index in [1.54, 1.807) is 18.2 Å². The van der Waals surface area contributed by atoms with Crippen LogP contribution in [-0.4, -0.2) is 39.4 Å². The molecule has 0 spiro atoms. The van der Waals surface area contributed by atoms with E-state index in [4.69, 9.17) is 15.2 Å². The van der Waals surface area contributed by atoms with Gasteiger partial charge in [0.15, 0.2) is 17.3 Å². The Morgan fingerprint density at radius 2 is 1.93 bits per heavy atom. The van der Waals surface area contributed by atoms with E-state index in [0.29, 0.717) is 22.9 Å². The molecule has 3 aromatic rings. The molecule has 0 saturated heterocycles. The molecule has 0 amide bonds. The molecule has 0 fully saturated rings. The molecule has 0 radical (unpaired) electrons. The van der Waals surface area contributed by atoms with Crippen LogP contribution < -0.4 is 15.2 Å². The van der Waals surface area contributed by atoms with Gasteiger partial charge in [-0.1, -0.05) is 6.07 Å². The lowest BCUT2D eigenvalue weighted by Crippen LogP contribution is -2.14. The van der Waals surface area contributed by atoms with Crippen molar-refractivity contribution < 1.29 is 19.5 Å². The Balaban J connectivity index is 1.94. The van der Waals surface area contributed by atoms with Gasteiger partial charge in [0, 0.05) is 12.1 Å². The molecule has 3 rings (SSSR count). The highest BCUT2D eigenvalue weighted by molar-refractivity contribution is 5.67. The molecule has 2 aromatic carbocycles. The zero-order valence-electron chi connectivity index (χ0n) is 14.5. The van der Waals surface area contributed by atoms with Gasteiger partial charge in [0.25, 0.3) is 5.69 Å². The number of nitrogens with one attached hydrogen (secondary N) is 1. The number of aromatic hydroxyl groups is 1.